The SMILES string of the molecule is CC(C)(C)OC(=O)NCCC(=O)Nc1ccccc1CNC(=O)c1cccc(Br)c1. The van der Waals surface area contributed by atoms with E-state index < -0.39 is 11.7 Å². The van der Waals surface area contributed by atoms with E-state index in [-0.39, 0.29) is 31.3 Å². The summed E-state index contributed by atoms with van der Waals surface area (Å²) in [5.41, 5.74) is 1.33. The van der Waals surface area contributed by atoms with Crippen molar-refractivity contribution in [2.45, 2.75) is 39.3 Å². The maximum atomic E-state index is 12.3. The lowest BCUT2D eigenvalue weighted by Gasteiger charge is -2.19. The lowest BCUT2D eigenvalue weighted by molar-refractivity contribution is -0.116. The molecule has 0 fully saturated rings. The van der Waals surface area contributed by atoms with Crippen LogP contribution in [0.4, 0.5) is 10.5 Å². The number of nitrogens with one attached hydrogen (secondary N) is 3. The molecular formula is C22H26BrN3O4. The number of carbonyl (C=O) groups excluding carboxylic acids is 3. The van der Waals surface area contributed by atoms with Crippen molar-refractivity contribution in [1.29, 1.82) is 0 Å². The molecule has 0 heterocycles. The largest absolute Gasteiger partial charge is 0.444 e. The van der Waals surface area contributed by atoms with Crippen LogP contribution in [0.25, 0.3) is 0 Å². The van der Waals surface area contributed by atoms with Gasteiger partial charge in [-0.15, -0.1) is 0 Å². The highest BCUT2D eigenvalue weighted by Crippen LogP contribution is 2.16. The molecule has 0 bridgehead atoms. The zero-order valence-corrected chi connectivity index (χ0v) is 18.8. The summed E-state index contributed by atoms with van der Waals surface area (Å²) in [7, 11) is 0. The summed E-state index contributed by atoms with van der Waals surface area (Å²) in [5.74, 6) is -0.462. The van der Waals surface area contributed by atoms with Crippen molar-refractivity contribution in [2.24, 2.45) is 0 Å². The maximum absolute atomic E-state index is 12.3. The van der Waals surface area contributed by atoms with Gasteiger partial charge in [0.25, 0.3) is 5.91 Å². The van der Waals surface area contributed by atoms with Crippen molar-refractivity contribution in [3.8, 4) is 0 Å². The number of hydrogen-bond acceptors (Lipinski definition) is 4. The molecule has 2 aromatic carbocycles. The van der Waals surface area contributed by atoms with Gasteiger partial charge in [-0.3, -0.25) is 9.59 Å². The van der Waals surface area contributed by atoms with Gasteiger partial charge in [-0.1, -0.05) is 40.2 Å². The number of halogens is 1. The summed E-state index contributed by atoms with van der Waals surface area (Å²) in [5, 5.41) is 8.22. The van der Waals surface area contributed by atoms with Gasteiger partial charge >= 0.3 is 6.09 Å². The molecule has 3 N–H and O–H groups in total. The fourth-order valence-corrected chi connectivity index (χ4v) is 2.91. The summed E-state index contributed by atoms with van der Waals surface area (Å²) >= 11 is 3.35. The first kappa shape index (κ1) is 23.4. The topological polar surface area (TPSA) is 96.5 Å². The molecule has 2 rings (SSSR count). The molecule has 0 atom stereocenters. The molecule has 8 heteroatoms. The molecule has 30 heavy (non-hydrogen) atoms. The van der Waals surface area contributed by atoms with Gasteiger partial charge in [0.15, 0.2) is 0 Å². The molecule has 2 aromatic rings. The minimum atomic E-state index is -0.592. The van der Waals surface area contributed by atoms with E-state index in [1.807, 2.05) is 18.2 Å². The Kier molecular flexibility index (Phi) is 8.41. The van der Waals surface area contributed by atoms with Gasteiger partial charge in [0.2, 0.25) is 5.91 Å². The van der Waals surface area contributed by atoms with Crippen molar-refractivity contribution in [1.82, 2.24) is 10.6 Å². The molecule has 0 aliphatic heterocycles. The molecule has 0 aliphatic carbocycles. The van der Waals surface area contributed by atoms with E-state index in [2.05, 4.69) is 31.9 Å². The third-order valence-electron chi connectivity index (χ3n) is 3.84. The van der Waals surface area contributed by atoms with Gasteiger partial charge < -0.3 is 20.7 Å². The number of alkyl carbamates (subject to hydrolysis) is 1. The Bertz CT molecular complexity index is 909. The molecular weight excluding hydrogens is 450 g/mol. The van der Waals surface area contributed by atoms with E-state index in [1.54, 1.807) is 51.1 Å². The third kappa shape index (κ3) is 8.24. The Morgan fingerprint density at radius 2 is 1.73 bits per heavy atom. The van der Waals surface area contributed by atoms with Crippen LogP contribution in [0, 0.1) is 0 Å². The highest BCUT2D eigenvalue weighted by atomic mass is 79.9. The average molecular weight is 476 g/mol. The first-order valence-electron chi connectivity index (χ1n) is 9.52. The number of amides is 3. The smallest absolute Gasteiger partial charge is 0.407 e. The standard InChI is InChI=1S/C22H26BrN3O4/c1-22(2,3)30-21(29)24-12-11-19(27)26-18-10-5-4-7-16(18)14-25-20(28)15-8-6-9-17(23)13-15/h4-10,13H,11-12,14H2,1-3H3,(H,24,29)(H,25,28)(H,26,27). The normalized spacial score (nSPS) is 10.8. The fraction of sp³-hybridized carbons (Fsp3) is 0.318. The predicted octanol–water partition coefficient (Wildman–Crippen LogP) is 4.23. The van der Waals surface area contributed by atoms with Crippen LogP contribution in [0.15, 0.2) is 53.0 Å². The lowest BCUT2D eigenvalue weighted by Crippen LogP contribution is -2.34. The zero-order chi connectivity index (χ0) is 22.1. The summed E-state index contributed by atoms with van der Waals surface area (Å²) in [4.78, 5) is 36.2. The Labute approximate surface area is 184 Å². The number of anilines is 1. The highest BCUT2D eigenvalue weighted by Gasteiger charge is 2.16. The highest BCUT2D eigenvalue weighted by molar-refractivity contribution is 9.10. The second-order valence-corrected chi connectivity index (χ2v) is 8.49. The fourth-order valence-electron chi connectivity index (χ4n) is 2.51. The van der Waals surface area contributed by atoms with E-state index in [4.69, 9.17) is 4.74 Å². The molecule has 3 amide bonds. The van der Waals surface area contributed by atoms with Crippen LogP contribution >= 0.6 is 15.9 Å². The number of ether oxygens (including phenoxy) is 1. The Balaban J connectivity index is 1.86. The van der Waals surface area contributed by atoms with Crippen molar-refractivity contribution >= 4 is 39.5 Å². The van der Waals surface area contributed by atoms with Gasteiger partial charge in [-0.25, -0.2) is 4.79 Å². The molecule has 0 unspecified atom stereocenters. The van der Waals surface area contributed by atoms with Crippen molar-refractivity contribution in [3.05, 3.63) is 64.1 Å². The Morgan fingerprint density at radius 3 is 2.43 bits per heavy atom. The predicted molar refractivity (Wildman–Crippen MR) is 119 cm³/mol. The second-order valence-electron chi connectivity index (χ2n) is 7.58. The third-order valence-corrected chi connectivity index (χ3v) is 4.33. The minimum absolute atomic E-state index is 0.0952. The molecule has 0 radical (unpaired) electrons. The molecule has 0 saturated heterocycles. The van der Waals surface area contributed by atoms with E-state index in [0.29, 0.717) is 11.3 Å². The maximum Gasteiger partial charge on any atom is 0.407 e. The quantitative estimate of drug-likeness (QED) is 0.557. The second kappa shape index (κ2) is 10.8. The molecule has 0 aliphatic rings. The number of hydrogen-bond donors (Lipinski definition) is 3. The van der Waals surface area contributed by atoms with Gasteiger partial charge in [0.05, 0.1) is 0 Å². The monoisotopic (exact) mass is 475 g/mol. The van der Waals surface area contributed by atoms with Crippen molar-refractivity contribution < 1.29 is 19.1 Å². The van der Waals surface area contributed by atoms with Crippen LogP contribution in [0.5, 0.6) is 0 Å². The summed E-state index contributed by atoms with van der Waals surface area (Å²) in [6.07, 6.45) is -0.469. The Morgan fingerprint density at radius 1 is 1.00 bits per heavy atom. The first-order chi connectivity index (χ1) is 14.1. The molecule has 7 nitrogen and oxygen atoms in total. The van der Waals surface area contributed by atoms with E-state index >= 15 is 0 Å². The van der Waals surface area contributed by atoms with Gasteiger partial charge in [-0.05, 0) is 50.6 Å². The summed E-state index contributed by atoms with van der Waals surface area (Å²) in [6, 6.07) is 14.3. The van der Waals surface area contributed by atoms with Gasteiger partial charge in [0, 0.05) is 35.2 Å². The van der Waals surface area contributed by atoms with Crippen LogP contribution in [-0.2, 0) is 16.1 Å². The number of benzene rings is 2. The molecule has 0 spiro atoms. The number of carbonyl (C=O) groups is 3. The number of rotatable bonds is 7. The van der Waals surface area contributed by atoms with Crippen LogP contribution in [-0.4, -0.2) is 30.1 Å². The summed E-state index contributed by atoms with van der Waals surface area (Å²) < 4.78 is 5.95. The lowest BCUT2D eigenvalue weighted by atomic mass is 10.1. The van der Waals surface area contributed by atoms with Crippen LogP contribution in [0.3, 0.4) is 0 Å². The van der Waals surface area contributed by atoms with Crippen LogP contribution in [0.1, 0.15) is 43.1 Å². The van der Waals surface area contributed by atoms with Crippen LogP contribution in [0.2, 0.25) is 0 Å². The van der Waals surface area contributed by atoms with Crippen LogP contribution < -0.4 is 16.0 Å². The van der Waals surface area contributed by atoms with E-state index in [1.165, 1.54) is 0 Å². The molecule has 0 aromatic heterocycles. The van der Waals surface area contributed by atoms with Gasteiger partial charge in [-0.2, -0.15) is 0 Å². The Hall–Kier alpha value is -2.87. The van der Waals surface area contributed by atoms with E-state index in [0.717, 1.165) is 10.0 Å². The molecule has 160 valence electrons. The minimum Gasteiger partial charge on any atom is -0.444 e. The van der Waals surface area contributed by atoms with E-state index in [9.17, 15) is 14.4 Å². The number of para-hydroxylation sites is 1. The average Bonchev–Trinajstić information content (AvgIpc) is 2.65. The summed E-state index contributed by atoms with van der Waals surface area (Å²) in [6.45, 7) is 5.73. The van der Waals surface area contributed by atoms with Crippen molar-refractivity contribution in [2.75, 3.05) is 11.9 Å². The first-order valence-corrected chi connectivity index (χ1v) is 10.3. The van der Waals surface area contributed by atoms with Gasteiger partial charge in [0.1, 0.15) is 5.60 Å². The molecule has 0 saturated carbocycles. The zero-order valence-electron chi connectivity index (χ0n) is 17.3. The van der Waals surface area contributed by atoms with Crippen molar-refractivity contribution in [3.63, 3.8) is 0 Å².